The summed E-state index contributed by atoms with van der Waals surface area (Å²) >= 11 is 0. The molecular formula is C25H30N6O3. The van der Waals surface area contributed by atoms with Crippen LogP contribution in [-0.4, -0.2) is 55.5 Å². The van der Waals surface area contributed by atoms with Crippen LogP contribution in [0.5, 0.6) is 5.75 Å². The van der Waals surface area contributed by atoms with Crippen molar-refractivity contribution in [1.82, 2.24) is 30.1 Å². The van der Waals surface area contributed by atoms with E-state index in [1.54, 1.807) is 11.8 Å². The molecule has 0 aliphatic carbocycles. The number of rotatable bonds is 10. The lowest BCUT2D eigenvalue weighted by atomic mass is 10.00. The molecule has 2 aromatic heterocycles. The highest BCUT2D eigenvalue weighted by Gasteiger charge is 2.29. The van der Waals surface area contributed by atoms with Crippen LogP contribution in [0.25, 0.3) is 10.9 Å². The van der Waals surface area contributed by atoms with Crippen molar-refractivity contribution < 1.29 is 9.84 Å². The molecule has 9 heteroatoms. The molecule has 2 aromatic carbocycles. The summed E-state index contributed by atoms with van der Waals surface area (Å²) < 4.78 is 7.12. The molecule has 0 saturated carbocycles. The maximum Gasteiger partial charge on any atom is 0.252 e. The number of nitrogens with one attached hydrogen (secondary N) is 1. The number of nitrogens with zero attached hydrogens (tertiary/aromatic N) is 5. The number of ether oxygens (including phenoxy) is 1. The van der Waals surface area contributed by atoms with Crippen molar-refractivity contribution in [3.63, 3.8) is 0 Å². The first kappa shape index (κ1) is 23.6. The lowest BCUT2D eigenvalue weighted by molar-refractivity contribution is 0.106. The third-order valence-corrected chi connectivity index (χ3v) is 5.91. The third-order valence-electron chi connectivity index (χ3n) is 5.91. The lowest BCUT2D eigenvalue weighted by Gasteiger charge is -2.33. The van der Waals surface area contributed by atoms with Crippen LogP contribution in [0.4, 0.5) is 0 Å². The van der Waals surface area contributed by atoms with Crippen molar-refractivity contribution >= 4 is 10.9 Å². The highest BCUT2D eigenvalue weighted by molar-refractivity contribution is 5.80. The highest BCUT2D eigenvalue weighted by atomic mass is 16.5. The number of aliphatic hydroxyl groups is 1. The van der Waals surface area contributed by atoms with Gasteiger partial charge in [-0.3, -0.25) is 9.69 Å². The second kappa shape index (κ2) is 10.6. The minimum Gasteiger partial charge on any atom is -0.497 e. The van der Waals surface area contributed by atoms with Crippen molar-refractivity contribution in [3.8, 4) is 5.75 Å². The van der Waals surface area contributed by atoms with Gasteiger partial charge in [0.25, 0.3) is 5.56 Å². The van der Waals surface area contributed by atoms with E-state index in [9.17, 15) is 9.90 Å². The van der Waals surface area contributed by atoms with Crippen molar-refractivity contribution in [2.75, 3.05) is 20.3 Å². The Balaban J connectivity index is 1.69. The van der Waals surface area contributed by atoms with Crippen LogP contribution >= 0.6 is 0 Å². The molecule has 0 spiro atoms. The predicted molar refractivity (Wildman–Crippen MR) is 130 cm³/mol. The molecule has 178 valence electrons. The molecule has 0 aliphatic heterocycles. The SMILES string of the molecule is COc1ccc2[nH]c(=O)c(CN(CCO)[C@H](c3nnnn3Cc3ccccc3)C(C)C)cc2c1. The Morgan fingerprint density at radius 3 is 2.65 bits per heavy atom. The minimum atomic E-state index is -0.203. The number of pyridine rings is 1. The number of hydrogen-bond acceptors (Lipinski definition) is 7. The van der Waals surface area contributed by atoms with Gasteiger partial charge >= 0.3 is 0 Å². The van der Waals surface area contributed by atoms with E-state index in [0.29, 0.717) is 31.0 Å². The van der Waals surface area contributed by atoms with Crippen LogP contribution in [0.2, 0.25) is 0 Å². The van der Waals surface area contributed by atoms with E-state index in [-0.39, 0.29) is 24.1 Å². The lowest BCUT2D eigenvalue weighted by Crippen LogP contribution is -2.37. The molecule has 0 amide bonds. The zero-order valence-corrected chi connectivity index (χ0v) is 19.7. The summed E-state index contributed by atoms with van der Waals surface area (Å²) in [6.45, 7) is 5.37. The Morgan fingerprint density at radius 1 is 1.15 bits per heavy atom. The maximum atomic E-state index is 12.9. The standard InChI is InChI=1S/C25H30N6O3/c1-17(2)23(24-27-28-29-31(24)15-18-7-5-4-6-8-18)30(11-12-32)16-20-13-19-14-21(34-3)9-10-22(19)26-25(20)33/h4-10,13-14,17,23,32H,11-12,15-16H2,1-3H3,(H,26,33)/t23-/m0/s1. The minimum absolute atomic E-state index is 0.0528. The first-order valence-electron chi connectivity index (χ1n) is 11.3. The maximum absolute atomic E-state index is 12.9. The molecule has 4 rings (SSSR count). The number of H-pyrrole nitrogens is 1. The zero-order valence-electron chi connectivity index (χ0n) is 19.7. The molecule has 2 N–H and O–H groups in total. The summed E-state index contributed by atoms with van der Waals surface area (Å²) in [6.07, 6.45) is 0. The van der Waals surface area contributed by atoms with Gasteiger partial charge in [-0.25, -0.2) is 4.68 Å². The Kier molecular flexibility index (Phi) is 7.34. The van der Waals surface area contributed by atoms with E-state index in [1.807, 2.05) is 54.6 Å². The van der Waals surface area contributed by atoms with Crippen molar-refractivity contribution in [2.45, 2.75) is 33.0 Å². The topological polar surface area (TPSA) is 109 Å². The molecule has 0 fully saturated rings. The molecule has 9 nitrogen and oxygen atoms in total. The Morgan fingerprint density at radius 2 is 1.94 bits per heavy atom. The summed E-state index contributed by atoms with van der Waals surface area (Å²) in [5.41, 5.74) is 2.27. The summed E-state index contributed by atoms with van der Waals surface area (Å²) in [6, 6.07) is 17.2. The fourth-order valence-corrected chi connectivity index (χ4v) is 4.31. The number of aromatic nitrogens is 5. The first-order chi connectivity index (χ1) is 16.5. The summed E-state index contributed by atoms with van der Waals surface area (Å²) in [4.78, 5) is 17.9. The molecule has 0 aliphatic rings. The van der Waals surface area contributed by atoms with Crippen LogP contribution < -0.4 is 10.3 Å². The summed E-state index contributed by atoms with van der Waals surface area (Å²) in [7, 11) is 1.61. The number of tetrazole rings is 1. The molecule has 0 radical (unpaired) electrons. The van der Waals surface area contributed by atoms with Crippen molar-refractivity contribution in [1.29, 1.82) is 0 Å². The first-order valence-corrected chi connectivity index (χ1v) is 11.3. The van der Waals surface area contributed by atoms with Crippen LogP contribution in [-0.2, 0) is 13.1 Å². The van der Waals surface area contributed by atoms with E-state index in [0.717, 1.165) is 22.2 Å². The average Bonchev–Trinajstić information content (AvgIpc) is 3.27. The number of aromatic amines is 1. The molecule has 0 bridgehead atoms. The molecule has 1 atom stereocenters. The Labute approximate surface area is 198 Å². The van der Waals surface area contributed by atoms with Gasteiger partial charge in [0.1, 0.15) is 5.75 Å². The van der Waals surface area contributed by atoms with Crippen LogP contribution in [0.15, 0.2) is 59.4 Å². The van der Waals surface area contributed by atoms with Gasteiger partial charge in [-0.1, -0.05) is 44.2 Å². The molecule has 0 saturated heterocycles. The van der Waals surface area contributed by atoms with Gasteiger partial charge in [-0.05, 0) is 46.2 Å². The average molecular weight is 463 g/mol. The monoisotopic (exact) mass is 462 g/mol. The van der Waals surface area contributed by atoms with Gasteiger partial charge < -0.3 is 14.8 Å². The quantitative estimate of drug-likeness (QED) is 0.373. The number of benzene rings is 2. The second-order valence-electron chi connectivity index (χ2n) is 8.64. The second-order valence-corrected chi connectivity index (χ2v) is 8.64. The number of aliphatic hydroxyl groups excluding tert-OH is 1. The van der Waals surface area contributed by atoms with Gasteiger partial charge in [-0.15, -0.1) is 5.10 Å². The number of fused-ring (bicyclic) bond motifs is 1. The van der Waals surface area contributed by atoms with E-state index < -0.39 is 0 Å². The normalized spacial score (nSPS) is 12.5. The van der Waals surface area contributed by atoms with Gasteiger partial charge in [0, 0.05) is 29.6 Å². The summed E-state index contributed by atoms with van der Waals surface area (Å²) in [5.74, 6) is 1.55. The van der Waals surface area contributed by atoms with Crippen LogP contribution in [0.1, 0.15) is 36.8 Å². The zero-order chi connectivity index (χ0) is 24.1. The van der Waals surface area contributed by atoms with Crippen LogP contribution in [0, 0.1) is 5.92 Å². The molecule has 4 aromatic rings. The molecule has 34 heavy (non-hydrogen) atoms. The van der Waals surface area contributed by atoms with E-state index >= 15 is 0 Å². The van der Waals surface area contributed by atoms with Gasteiger partial charge in [-0.2, -0.15) is 0 Å². The van der Waals surface area contributed by atoms with Crippen LogP contribution in [0.3, 0.4) is 0 Å². The predicted octanol–water partition coefficient (Wildman–Crippen LogP) is 2.76. The van der Waals surface area contributed by atoms with E-state index in [1.165, 1.54) is 0 Å². The van der Waals surface area contributed by atoms with Crippen molar-refractivity contribution in [2.24, 2.45) is 5.92 Å². The molecular weight excluding hydrogens is 432 g/mol. The smallest absolute Gasteiger partial charge is 0.252 e. The summed E-state index contributed by atoms with van der Waals surface area (Å²) in [5, 5.41) is 23.3. The number of hydrogen-bond donors (Lipinski definition) is 2. The van der Waals surface area contributed by atoms with Gasteiger partial charge in [0.2, 0.25) is 0 Å². The largest absolute Gasteiger partial charge is 0.497 e. The number of methoxy groups -OCH3 is 1. The van der Waals surface area contributed by atoms with E-state index in [4.69, 9.17) is 4.74 Å². The third kappa shape index (κ3) is 5.16. The Hall–Kier alpha value is -3.56. The fraction of sp³-hybridized carbons (Fsp3) is 0.360. The highest BCUT2D eigenvalue weighted by Crippen LogP contribution is 2.29. The van der Waals surface area contributed by atoms with E-state index in [2.05, 4.69) is 39.3 Å². The van der Waals surface area contributed by atoms with Crippen molar-refractivity contribution in [3.05, 3.63) is 81.9 Å². The molecule has 0 unspecified atom stereocenters. The Bertz CT molecular complexity index is 1280. The molecule has 2 heterocycles. The van der Waals surface area contributed by atoms with Gasteiger partial charge in [0.15, 0.2) is 5.82 Å². The van der Waals surface area contributed by atoms with Gasteiger partial charge in [0.05, 0.1) is 26.3 Å². The fourth-order valence-electron chi connectivity index (χ4n) is 4.31.